The number of aliphatic hydroxyl groups is 1. The summed E-state index contributed by atoms with van der Waals surface area (Å²) in [5.74, 6) is 0. The molecule has 4 heteroatoms. The van der Waals surface area contributed by atoms with Crippen molar-refractivity contribution in [2.45, 2.75) is 20.0 Å². The maximum atomic E-state index is 9.44. The summed E-state index contributed by atoms with van der Waals surface area (Å²) >= 11 is 6.06. The summed E-state index contributed by atoms with van der Waals surface area (Å²) in [4.78, 5) is 4.23. The molecule has 1 unspecified atom stereocenters. The first-order valence-corrected chi connectivity index (χ1v) is 5.46. The highest BCUT2D eigenvalue weighted by Crippen LogP contribution is 2.20. The molecule has 0 aromatic carbocycles. The van der Waals surface area contributed by atoms with Crippen LogP contribution in [0.25, 0.3) is 11.7 Å². The lowest BCUT2D eigenvalue weighted by Gasteiger charge is -2.04. The Labute approximate surface area is 99.0 Å². The van der Waals surface area contributed by atoms with Gasteiger partial charge in [-0.05, 0) is 37.6 Å². The molecule has 0 spiro atoms. The van der Waals surface area contributed by atoms with Crippen molar-refractivity contribution >= 4 is 23.3 Å². The molecule has 0 fully saturated rings. The van der Waals surface area contributed by atoms with Crippen LogP contribution in [-0.4, -0.2) is 20.6 Å². The lowest BCUT2D eigenvalue weighted by Crippen LogP contribution is -2.01. The smallest absolute Gasteiger partial charge is 0.155 e. The Kier molecular flexibility index (Phi) is 2.99. The number of rotatable bonds is 2. The van der Waals surface area contributed by atoms with Gasteiger partial charge < -0.3 is 5.11 Å². The largest absolute Gasteiger partial charge is 0.389 e. The molecule has 0 saturated heterocycles. The van der Waals surface area contributed by atoms with E-state index in [1.807, 2.05) is 41.8 Å². The molecule has 1 N–H and O–H groups in total. The number of pyridine rings is 1. The number of aliphatic hydroxyl groups excluding tert-OH is 1. The second-order valence-electron chi connectivity index (χ2n) is 3.78. The van der Waals surface area contributed by atoms with Crippen LogP contribution in [0.4, 0.5) is 0 Å². The summed E-state index contributed by atoms with van der Waals surface area (Å²) in [6.45, 7) is 3.59. The third-order valence-corrected chi connectivity index (χ3v) is 2.82. The lowest BCUT2D eigenvalue weighted by molar-refractivity contribution is 0.232. The maximum Gasteiger partial charge on any atom is 0.155 e. The van der Waals surface area contributed by atoms with Gasteiger partial charge >= 0.3 is 0 Å². The van der Waals surface area contributed by atoms with Crippen molar-refractivity contribution in [2.75, 3.05) is 0 Å². The third kappa shape index (κ3) is 1.96. The summed E-state index contributed by atoms with van der Waals surface area (Å²) in [6, 6.07) is 5.72. The molecule has 0 aliphatic rings. The summed E-state index contributed by atoms with van der Waals surface area (Å²) in [6.07, 6.45) is 3.27. The Morgan fingerprint density at radius 3 is 3.00 bits per heavy atom. The molecule has 84 valence electrons. The highest BCUT2D eigenvalue weighted by atomic mass is 35.5. The van der Waals surface area contributed by atoms with Crippen molar-refractivity contribution in [3.8, 4) is 0 Å². The van der Waals surface area contributed by atoms with E-state index >= 15 is 0 Å². The summed E-state index contributed by atoms with van der Waals surface area (Å²) in [5.41, 5.74) is 2.46. The Morgan fingerprint density at radius 2 is 2.31 bits per heavy atom. The molecule has 0 radical (unpaired) electrons. The zero-order valence-electron chi connectivity index (χ0n) is 9.18. The second kappa shape index (κ2) is 4.28. The molecule has 2 rings (SSSR count). The number of hydrogen-bond acceptors (Lipinski definition) is 2. The molecule has 1 atom stereocenters. The molecule has 2 heterocycles. The highest BCUT2D eigenvalue weighted by Gasteiger charge is 2.08. The van der Waals surface area contributed by atoms with Gasteiger partial charge in [0.25, 0.3) is 0 Å². The van der Waals surface area contributed by atoms with Gasteiger partial charge in [-0.2, -0.15) is 0 Å². The number of hydrogen-bond donors (Lipinski definition) is 1. The van der Waals surface area contributed by atoms with Crippen LogP contribution in [0.1, 0.15) is 19.5 Å². The number of imidazole rings is 1. The van der Waals surface area contributed by atoms with Crippen LogP contribution in [0.5, 0.6) is 0 Å². The molecule has 0 amide bonds. The van der Waals surface area contributed by atoms with E-state index in [1.165, 1.54) is 0 Å². The van der Waals surface area contributed by atoms with E-state index in [2.05, 4.69) is 4.98 Å². The second-order valence-corrected chi connectivity index (χ2v) is 4.14. The molecular formula is C12H13ClN2O. The van der Waals surface area contributed by atoms with E-state index in [0.29, 0.717) is 5.15 Å². The summed E-state index contributed by atoms with van der Waals surface area (Å²) in [7, 11) is 0. The average Bonchev–Trinajstić information content (AvgIpc) is 2.55. The van der Waals surface area contributed by atoms with Crippen molar-refractivity contribution < 1.29 is 5.11 Å². The van der Waals surface area contributed by atoms with E-state index in [9.17, 15) is 5.11 Å². The topological polar surface area (TPSA) is 37.5 Å². The van der Waals surface area contributed by atoms with Gasteiger partial charge in [-0.1, -0.05) is 17.7 Å². The zero-order valence-corrected chi connectivity index (χ0v) is 9.94. The van der Waals surface area contributed by atoms with Crippen LogP contribution in [0, 0.1) is 0 Å². The fraction of sp³-hybridized carbons (Fsp3) is 0.250. The Bertz CT molecular complexity index is 543. The monoisotopic (exact) mass is 236 g/mol. The molecule has 2 aromatic rings. The van der Waals surface area contributed by atoms with E-state index in [0.717, 1.165) is 16.9 Å². The fourth-order valence-corrected chi connectivity index (χ4v) is 1.68. The van der Waals surface area contributed by atoms with Crippen molar-refractivity contribution in [1.82, 2.24) is 9.38 Å². The van der Waals surface area contributed by atoms with Crippen LogP contribution < -0.4 is 0 Å². The number of halogens is 1. The molecule has 3 nitrogen and oxygen atoms in total. The number of nitrogens with zero attached hydrogens (tertiary/aromatic N) is 2. The first kappa shape index (κ1) is 11.2. The lowest BCUT2D eigenvalue weighted by atomic mass is 10.1. The van der Waals surface area contributed by atoms with E-state index in [-0.39, 0.29) is 0 Å². The standard InChI is InChI=1S/C12H13ClN2O/c1-8(9(2)16)7-10-12(13)14-11-5-3-4-6-15(10)11/h3-7,9,16H,1-2H3/b8-7+. The van der Waals surface area contributed by atoms with Gasteiger partial charge in [0, 0.05) is 6.20 Å². The molecule has 0 aliphatic carbocycles. The van der Waals surface area contributed by atoms with Crippen LogP contribution in [0.15, 0.2) is 30.0 Å². The Balaban J connectivity index is 2.60. The Morgan fingerprint density at radius 1 is 1.56 bits per heavy atom. The SMILES string of the molecule is C/C(=C\c1c(Cl)nc2ccccn12)C(C)O. The van der Waals surface area contributed by atoms with Gasteiger partial charge in [-0.15, -0.1) is 0 Å². The van der Waals surface area contributed by atoms with E-state index < -0.39 is 6.10 Å². The third-order valence-electron chi connectivity index (χ3n) is 2.55. The predicted molar refractivity (Wildman–Crippen MR) is 65.5 cm³/mol. The maximum absolute atomic E-state index is 9.44. The van der Waals surface area contributed by atoms with Gasteiger partial charge in [0.2, 0.25) is 0 Å². The molecule has 0 saturated carbocycles. The first-order valence-electron chi connectivity index (χ1n) is 5.08. The van der Waals surface area contributed by atoms with Crippen LogP contribution in [0.3, 0.4) is 0 Å². The van der Waals surface area contributed by atoms with E-state index in [1.54, 1.807) is 6.92 Å². The van der Waals surface area contributed by atoms with Crippen molar-refractivity contribution in [3.63, 3.8) is 0 Å². The molecular weight excluding hydrogens is 224 g/mol. The van der Waals surface area contributed by atoms with Gasteiger partial charge in [0.15, 0.2) is 5.15 Å². The minimum atomic E-state index is -0.481. The van der Waals surface area contributed by atoms with Crippen molar-refractivity contribution in [1.29, 1.82) is 0 Å². The molecule has 0 aliphatic heterocycles. The van der Waals surface area contributed by atoms with E-state index in [4.69, 9.17) is 11.6 Å². The molecule has 2 aromatic heterocycles. The van der Waals surface area contributed by atoms with Gasteiger partial charge in [-0.3, -0.25) is 4.40 Å². The minimum absolute atomic E-state index is 0.450. The Hall–Kier alpha value is -1.32. The highest BCUT2D eigenvalue weighted by molar-refractivity contribution is 6.31. The predicted octanol–water partition coefficient (Wildman–Crippen LogP) is 2.77. The van der Waals surface area contributed by atoms with Crippen molar-refractivity contribution in [2.24, 2.45) is 0 Å². The normalized spacial score (nSPS) is 14.4. The van der Waals surface area contributed by atoms with Crippen LogP contribution >= 0.6 is 11.6 Å². The van der Waals surface area contributed by atoms with Gasteiger partial charge in [0.1, 0.15) is 5.65 Å². The zero-order chi connectivity index (χ0) is 11.7. The molecule has 0 bridgehead atoms. The van der Waals surface area contributed by atoms with Crippen molar-refractivity contribution in [3.05, 3.63) is 40.8 Å². The minimum Gasteiger partial charge on any atom is -0.389 e. The fourth-order valence-electron chi connectivity index (χ4n) is 1.45. The summed E-state index contributed by atoms with van der Waals surface area (Å²) < 4.78 is 1.90. The summed E-state index contributed by atoms with van der Waals surface area (Å²) in [5, 5.41) is 9.89. The van der Waals surface area contributed by atoms with Gasteiger partial charge in [0.05, 0.1) is 11.8 Å². The number of aromatic nitrogens is 2. The first-order chi connectivity index (χ1) is 7.59. The molecule has 16 heavy (non-hydrogen) atoms. The van der Waals surface area contributed by atoms with Crippen LogP contribution in [-0.2, 0) is 0 Å². The van der Waals surface area contributed by atoms with Gasteiger partial charge in [-0.25, -0.2) is 4.98 Å². The quantitative estimate of drug-likeness (QED) is 0.871. The van der Waals surface area contributed by atoms with Crippen LogP contribution in [0.2, 0.25) is 5.15 Å². The average molecular weight is 237 g/mol. The number of fused-ring (bicyclic) bond motifs is 1.